The van der Waals surface area contributed by atoms with Crippen LogP contribution in [0, 0.1) is 6.92 Å². The van der Waals surface area contributed by atoms with Crippen LogP contribution in [0.15, 0.2) is 52.9 Å². The van der Waals surface area contributed by atoms with E-state index in [9.17, 15) is 18.0 Å². The lowest BCUT2D eigenvalue weighted by Gasteiger charge is -2.10. The molecule has 0 saturated carbocycles. The zero-order chi connectivity index (χ0) is 21.9. The minimum atomic E-state index is -4.40. The van der Waals surface area contributed by atoms with Crippen molar-refractivity contribution in [1.29, 1.82) is 0 Å². The second kappa shape index (κ2) is 8.61. The topological polar surface area (TPSA) is 72.6 Å². The van der Waals surface area contributed by atoms with Crippen LogP contribution in [-0.2, 0) is 17.6 Å². The van der Waals surface area contributed by atoms with Gasteiger partial charge in [-0.1, -0.05) is 19.1 Å². The number of benzene rings is 2. The van der Waals surface area contributed by atoms with Gasteiger partial charge in [0, 0.05) is 5.56 Å². The maximum absolute atomic E-state index is 12.7. The van der Waals surface area contributed by atoms with Crippen molar-refractivity contribution in [1.82, 2.24) is 4.98 Å². The van der Waals surface area contributed by atoms with Gasteiger partial charge >= 0.3 is 12.1 Å². The van der Waals surface area contributed by atoms with Crippen molar-refractivity contribution in [3.8, 4) is 17.2 Å². The summed E-state index contributed by atoms with van der Waals surface area (Å²) in [5.74, 6) is 0.350. The fraction of sp³-hybridized carbons (Fsp3) is 0.273. The summed E-state index contributed by atoms with van der Waals surface area (Å²) in [6, 6.07) is 11.7. The van der Waals surface area contributed by atoms with E-state index in [4.69, 9.17) is 14.3 Å². The molecule has 0 amide bonds. The molecule has 0 radical (unpaired) electrons. The lowest BCUT2D eigenvalue weighted by Crippen LogP contribution is -2.04. The highest BCUT2D eigenvalue weighted by Crippen LogP contribution is 2.31. The van der Waals surface area contributed by atoms with Gasteiger partial charge in [-0.15, -0.1) is 0 Å². The fourth-order valence-corrected chi connectivity index (χ4v) is 2.91. The molecule has 8 heteroatoms. The third kappa shape index (κ3) is 5.20. The van der Waals surface area contributed by atoms with E-state index >= 15 is 0 Å². The highest BCUT2D eigenvalue weighted by Gasteiger charge is 2.30. The average Bonchev–Trinajstić information content (AvgIpc) is 3.06. The first kappa shape index (κ1) is 21.4. The second-order valence-corrected chi connectivity index (χ2v) is 6.95. The summed E-state index contributed by atoms with van der Waals surface area (Å²) in [7, 11) is 0. The number of carbonyl (C=O) groups is 1. The van der Waals surface area contributed by atoms with Gasteiger partial charge in [-0.25, -0.2) is 4.98 Å². The van der Waals surface area contributed by atoms with Crippen LogP contribution in [0.25, 0.3) is 11.5 Å². The highest BCUT2D eigenvalue weighted by molar-refractivity contribution is 5.68. The summed E-state index contributed by atoms with van der Waals surface area (Å²) < 4.78 is 49.4. The van der Waals surface area contributed by atoms with E-state index in [1.807, 2.05) is 19.1 Å². The molecule has 1 heterocycles. The second-order valence-electron chi connectivity index (χ2n) is 6.95. The van der Waals surface area contributed by atoms with E-state index in [0.717, 1.165) is 17.7 Å². The Kier molecular flexibility index (Phi) is 6.14. The van der Waals surface area contributed by atoms with Crippen molar-refractivity contribution in [3.63, 3.8) is 0 Å². The molecular weight excluding hydrogens is 399 g/mol. The van der Waals surface area contributed by atoms with Crippen molar-refractivity contribution >= 4 is 5.97 Å². The molecule has 158 valence electrons. The first-order valence-electron chi connectivity index (χ1n) is 9.22. The van der Waals surface area contributed by atoms with Crippen LogP contribution < -0.4 is 4.74 Å². The number of halogens is 3. The van der Waals surface area contributed by atoms with Crippen LogP contribution in [0.3, 0.4) is 0 Å². The van der Waals surface area contributed by atoms with Crippen LogP contribution in [0.4, 0.5) is 13.2 Å². The van der Waals surface area contributed by atoms with E-state index in [1.54, 1.807) is 19.1 Å². The summed E-state index contributed by atoms with van der Waals surface area (Å²) in [4.78, 5) is 15.1. The summed E-state index contributed by atoms with van der Waals surface area (Å²) in [6.45, 7) is 3.67. The van der Waals surface area contributed by atoms with Crippen molar-refractivity contribution in [2.24, 2.45) is 0 Å². The normalized spacial score (nSPS) is 12.6. The number of hydrogen-bond donors (Lipinski definition) is 1. The molecule has 0 spiro atoms. The van der Waals surface area contributed by atoms with Gasteiger partial charge in [0.2, 0.25) is 5.89 Å². The Morgan fingerprint density at radius 2 is 1.77 bits per heavy atom. The quantitative estimate of drug-likeness (QED) is 0.522. The summed E-state index contributed by atoms with van der Waals surface area (Å²) in [5, 5.41) is 8.88. The standard InChI is InChI=1S/C22H20F3NO4/c1-13(11-20(27)28)15-5-9-18(10-6-15)29-12-19-14(2)30-21(26-19)16-3-7-17(8-4-16)22(23,24)25/h3-10,13H,11-12H2,1-2H3,(H,27,28). The smallest absolute Gasteiger partial charge is 0.416 e. The third-order valence-corrected chi connectivity index (χ3v) is 4.66. The molecule has 1 unspecified atom stereocenters. The fourth-order valence-electron chi connectivity index (χ4n) is 2.91. The Bertz CT molecular complexity index is 1010. The number of hydrogen-bond acceptors (Lipinski definition) is 4. The monoisotopic (exact) mass is 419 g/mol. The molecule has 1 aromatic heterocycles. The van der Waals surface area contributed by atoms with E-state index in [0.29, 0.717) is 22.8 Å². The van der Waals surface area contributed by atoms with Crippen molar-refractivity contribution in [2.75, 3.05) is 0 Å². The Morgan fingerprint density at radius 1 is 1.13 bits per heavy atom. The first-order valence-corrected chi connectivity index (χ1v) is 9.22. The van der Waals surface area contributed by atoms with E-state index in [-0.39, 0.29) is 24.8 Å². The minimum absolute atomic E-state index is 0.0467. The number of oxazole rings is 1. The van der Waals surface area contributed by atoms with Crippen LogP contribution >= 0.6 is 0 Å². The number of aryl methyl sites for hydroxylation is 1. The number of ether oxygens (including phenoxy) is 1. The van der Waals surface area contributed by atoms with Gasteiger partial charge in [-0.05, 0) is 54.8 Å². The lowest BCUT2D eigenvalue weighted by atomic mass is 9.98. The first-order chi connectivity index (χ1) is 14.1. The van der Waals surface area contributed by atoms with Crippen LogP contribution in [0.5, 0.6) is 5.75 Å². The molecule has 0 saturated heterocycles. The van der Waals surface area contributed by atoms with E-state index < -0.39 is 17.7 Å². The minimum Gasteiger partial charge on any atom is -0.487 e. The van der Waals surface area contributed by atoms with Crippen LogP contribution in [0.2, 0.25) is 0 Å². The average molecular weight is 419 g/mol. The Labute approximate surface area is 171 Å². The molecule has 30 heavy (non-hydrogen) atoms. The molecule has 0 bridgehead atoms. The number of carboxylic acids is 1. The number of nitrogens with zero attached hydrogens (tertiary/aromatic N) is 1. The lowest BCUT2D eigenvalue weighted by molar-refractivity contribution is -0.138. The van der Waals surface area contributed by atoms with Crippen molar-refractivity contribution in [3.05, 3.63) is 71.1 Å². The van der Waals surface area contributed by atoms with Crippen molar-refractivity contribution in [2.45, 2.75) is 39.0 Å². The molecule has 0 aliphatic carbocycles. The molecule has 2 aromatic carbocycles. The van der Waals surface area contributed by atoms with E-state index in [1.165, 1.54) is 12.1 Å². The van der Waals surface area contributed by atoms with Gasteiger partial charge in [-0.2, -0.15) is 13.2 Å². The maximum Gasteiger partial charge on any atom is 0.416 e. The van der Waals surface area contributed by atoms with Gasteiger partial charge in [-0.3, -0.25) is 4.79 Å². The zero-order valence-corrected chi connectivity index (χ0v) is 16.4. The Morgan fingerprint density at radius 3 is 2.33 bits per heavy atom. The van der Waals surface area contributed by atoms with Crippen molar-refractivity contribution < 1.29 is 32.2 Å². The molecule has 0 aliphatic rings. The van der Waals surface area contributed by atoms with Crippen LogP contribution in [0.1, 0.15) is 41.8 Å². The zero-order valence-electron chi connectivity index (χ0n) is 16.4. The van der Waals surface area contributed by atoms with Gasteiger partial charge in [0.05, 0.1) is 12.0 Å². The Balaban J connectivity index is 1.66. The van der Waals surface area contributed by atoms with Gasteiger partial charge in [0.15, 0.2) is 0 Å². The van der Waals surface area contributed by atoms with Crippen LogP contribution in [-0.4, -0.2) is 16.1 Å². The maximum atomic E-state index is 12.7. The molecule has 3 aromatic rings. The van der Waals surface area contributed by atoms with Gasteiger partial charge in [0.1, 0.15) is 23.8 Å². The summed E-state index contributed by atoms with van der Waals surface area (Å²) in [5.41, 5.74) is 1.13. The molecule has 0 fully saturated rings. The number of aromatic nitrogens is 1. The summed E-state index contributed by atoms with van der Waals surface area (Å²) >= 11 is 0. The molecule has 3 rings (SSSR count). The molecule has 1 N–H and O–H groups in total. The Hall–Kier alpha value is -3.29. The molecule has 0 aliphatic heterocycles. The number of rotatable bonds is 7. The predicted octanol–water partition coefficient (Wildman–Crippen LogP) is 5.83. The van der Waals surface area contributed by atoms with E-state index in [2.05, 4.69) is 4.98 Å². The number of aliphatic carboxylic acids is 1. The number of carboxylic acid groups (broad SMARTS) is 1. The largest absolute Gasteiger partial charge is 0.487 e. The molecule has 1 atom stereocenters. The van der Waals surface area contributed by atoms with Gasteiger partial charge in [0.25, 0.3) is 0 Å². The molecule has 5 nitrogen and oxygen atoms in total. The summed E-state index contributed by atoms with van der Waals surface area (Å²) in [6.07, 6.45) is -4.35. The molecular formula is C22H20F3NO4. The SMILES string of the molecule is Cc1oc(-c2ccc(C(F)(F)F)cc2)nc1COc1ccc(C(C)CC(=O)O)cc1. The third-order valence-electron chi connectivity index (χ3n) is 4.66. The van der Waals surface area contributed by atoms with Gasteiger partial charge < -0.3 is 14.3 Å². The highest BCUT2D eigenvalue weighted by atomic mass is 19.4. The predicted molar refractivity (Wildman–Crippen MR) is 103 cm³/mol. The number of alkyl halides is 3.